The number of amides is 1. The van der Waals surface area contributed by atoms with Gasteiger partial charge < -0.3 is 14.7 Å². The van der Waals surface area contributed by atoms with Gasteiger partial charge in [0.05, 0.1) is 29.5 Å². The molecule has 1 saturated carbocycles. The molecular weight excluding hydrogens is 486 g/mol. The van der Waals surface area contributed by atoms with Gasteiger partial charge in [-0.2, -0.15) is 18.4 Å². The number of hydrogen-bond acceptors (Lipinski definition) is 5. The fourth-order valence-electron chi connectivity index (χ4n) is 4.95. The predicted molar refractivity (Wildman–Crippen MR) is 122 cm³/mol. The highest BCUT2D eigenvalue weighted by Crippen LogP contribution is 2.49. The Morgan fingerprint density at radius 1 is 1.26 bits per heavy atom. The molecule has 1 saturated heterocycles. The number of alkyl halides is 3. The van der Waals surface area contributed by atoms with E-state index < -0.39 is 40.3 Å². The summed E-state index contributed by atoms with van der Waals surface area (Å²) in [4.78, 5) is 16.0. The fourth-order valence-corrected chi connectivity index (χ4v) is 5.41. The van der Waals surface area contributed by atoms with E-state index in [4.69, 9.17) is 22.2 Å². The molecule has 0 bridgehead atoms. The molecule has 35 heavy (non-hydrogen) atoms. The van der Waals surface area contributed by atoms with Gasteiger partial charge in [0, 0.05) is 5.69 Å². The second kappa shape index (κ2) is 8.17. The number of thiocarbonyl (C=S) groups is 1. The molecule has 5 rings (SSSR count). The number of ether oxygens (including phenoxy) is 1. The first-order valence-electron chi connectivity index (χ1n) is 11.0. The Kier molecular flexibility index (Phi) is 5.49. The van der Waals surface area contributed by atoms with E-state index in [1.807, 2.05) is 6.07 Å². The minimum atomic E-state index is -4.92. The Bertz CT molecular complexity index is 1290. The van der Waals surface area contributed by atoms with Gasteiger partial charge in [0.25, 0.3) is 5.91 Å². The molecule has 1 atom stereocenters. The number of aliphatic hydroxyl groups excluding tert-OH is 1. The van der Waals surface area contributed by atoms with Gasteiger partial charge in [0.2, 0.25) is 0 Å². The average molecular weight is 505 g/mol. The number of carbonyl (C=O) groups excluding carboxylic acids is 1. The van der Waals surface area contributed by atoms with E-state index in [-0.39, 0.29) is 17.8 Å². The largest absolute Gasteiger partial charge is 0.488 e. The lowest BCUT2D eigenvalue weighted by molar-refractivity contribution is -0.137. The maximum Gasteiger partial charge on any atom is 0.417 e. The van der Waals surface area contributed by atoms with E-state index in [9.17, 15) is 27.5 Å². The summed E-state index contributed by atoms with van der Waals surface area (Å²) >= 11 is 5.56. The Labute approximate surface area is 203 Å². The van der Waals surface area contributed by atoms with Crippen molar-refractivity contribution in [3.63, 3.8) is 0 Å². The molecule has 0 aromatic heterocycles. The Morgan fingerprint density at radius 3 is 2.60 bits per heavy atom. The van der Waals surface area contributed by atoms with Gasteiger partial charge in [-0.1, -0.05) is 0 Å². The molecule has 0 radical (unpaired) electrons. The summed E-state index contributed by atoms with van der Waals surface area (Å²) in [6, 6.07) is 7.53. The maximum atomic E-state index is 15.0. The second-order valence-electron chi connectivity index (χ2n) is 8.86. The van der Waals surface area contributed by atoms with Crippen molar-refractivity contribution < 1.29 is 32.2 Å². The van der Waals surface area contributed by atoms with Crippen molar-refractivity contribution in [2.75, 3.05) is 16.4 Å². The summed E-state index contributed by atoms with van der Waals surface area (Å²) in [6.07, 6.45) is -2.48. The highest BCUT2D eigenvalue weighted by molar-refractivity contribution is 7.81. The number of carbonyl (C=O) groups is 1. The Morgan fingerprint density at radius 2 is 2.00 bits per heavy atom. The fraction of sp³-hybridized carbons (Fsp3) is 0.375. The molecule has 11 heteroatoms. The van der Waals surface area contributed by atoms with Crippen LogP contribution in [0, 0.1) is 17.1 Å². The van der Waals surface area contributed by atoms with Crippen molar-refractivity contribution in [3.05, 3.63) is 52.8 Å². The monoisotopic (exact) mass is 505 g/mol. The van der Waals surface area contributed by atoms with Crippen LogP contribution in [-0.2, 0) is 17.4 Å². The van der Waals surface area contributed by atoms with Crippen LogP contribution in [0.3, 0.4) is 0 Å². The van der Waals surface area contributed by atoms with Gasteiger partial charge in [-0.05, 0) is 80.2 Å². The van der Waals surface area contributed by atoms with E-state index in [2.05, 4.69) is 0 Å². The first kappa shape index (κ1) is 23.5. The van der Waals surface area contributed by atoms with Crippen molar-refractivity contribution in [2.24, 2.45) is 0 Å². The predicted octanol–water partition coefficient (Wildman–Crippen LogP) is 4.46. The number of rotatable bonds is 3. The number of nitriles is 1. The van der Waals surface area contributed by atoms with E-state index >= 15 is 0 Å². The molecule has 1 amide bonds. The minimum absolute atomic E-state index is 0.111. The number of benzene rings is 2. The third kappa shape index (κ3) is 3.54. The molecule has 2 aromatic rings. The number of halogens is 4. The van der Waals surface area contributed by atoms with Crippen LogP contribution in [0.15, 0.2) is 30.3 Å². The smallest absolute Gasteiger partial charge is 0.417 e. The summed E-state index contributed by atoms with van der Waals surface area (Å²) < 4.78 is 61.4. The molecule has 1 spiro atoms. The zero-order valence-electron chi connectivity index (χ0n) is 18.2. The van der Waals surface area contributed by atoms with Crippen LogP contribution in [0.1, 0.15) is 42.4 Å². The first-order valence-corrected chi connectivity index (χ1v) is 11.4. The van der Waals surface area contributed by atoms with Crippen LogP contribution in [-0.4, -0.2) is 34.4 Å². The SMILES string of the molecule is N#Cc1cc(F)c(N2C(=O)C3(CCC3)N(c3ccc4c(c3)CC[C@@H](CO)O4)C2=S)cc1C(F)(F)F. The van der Waals surface area contributed by atoms with Gasteiger partial charge in [0.15, 0.2) is 5.11 Å². The molecule has 182 valence electrons. The van der Waals surface area contributed by atoms with E-state index in [1.165, 1.54) is 6.07 Å². The lowest BCUT2D eigenvalue weighted by Gasteiger charge is -2.43. The quantitative estimate of drug-likeness (QED) is 0.490. The van der Waals surface area contributed by atoms with E-state index in [1.54, 1.807) is 17.0 Å². The average Bonchev–Trinajstić information content (AvgIpc) is 3.04. The molecule has 3 aliphatic rings. The van der Waals surface area contributed by atoms with Crippen LogP contribution >= 0.6 is 12.2 Å². The zero-order chi connectivity index (χ0) is 25.1. The molecular formula is C24H19F4N3O3S. The number of anilines is 2. The first-order chi connectivity index (χ1) is 16.6. The van der Waals surface area contributed by atoms with Gasteiger partial charge in [-0.15, -0.1) is 0 Å². The topological polar surface area (TPSA) is 76.8 Å². The number of fused-ring (bicyclic) bond motifs is 1. The van der Waals surface area contributed by atoms with Gasteiger partial charge in [-0.3, -0.25) is 9.69 Å². The standard InChI is InChI=1S/C24H19F4N3O3S/c25-18-9-14(11-29)17(24(26,27)28)10-19(18)30-21(33)23(6-1-7-23)31(22(30)35)15-3-5-20-13(8-15)2-4-16(12-32)34-20/h3,5,8-10,16,32H,1-2,4,6-7,12H2/t16-/m0/s1. The number of aryl methyl sites for hydroxylation is 1. The van der Waals surface area contributed by atoms with Gasteiger partial charge in [0.1, 0.15) is 23.2 Å². The summed E-state index contributed by atoms with van der Waals surface area (Å²) in [6.45, 7) is -0.111. The second-order valence-corrected chi connectivity index (χ2v) is 9.22. The van der Waals surface area contributed by atoms with Crippen molar-refractivity contribution in [2.45, 2.75) is 49.9 Å². The summed E-state index contributed by atoms with van der Waals surface area (Å²) in [7, 11) is 0. The van der Waals surface area contributed by atoms with Crippen LogP contribution in [0.25, 0.3) is 0 Å². The lowest BCUT2D eigenvalue weighted by atomic mass is 9.75. The highest BCUT2D eigenvalue weighted by Gasteiger charge is 2.60. The minimum Gasteiger partial charge on any atom is -0.488 e. The van der Waals surface area contributed by atoms with Gasteiger partial charge in [-0.25, -0.2) is 4.39 Å². The Hall–Kier alpha value is -3.23. The summed E-state index contributed by atoms with van der Waals surface area (Å²) in [5, 5.41) is 18.3. The molecule has 1 aliphatic carbocycles. The van der Waals surface area contributed by atoms with E-state index in [0.717, 1.165) is 10.5 Å². The molecule has 2 aliphatic heterocycles. The summed E-state index contributed by atoms with van der Waals surface area (Å²) in [5.41, 5.74) is -2.56. The van der Waals surface area contributed by atoms with Gasteiger partial charge >= 0.3 is 6.18 Å². The molecule has 2 fully saturated rings. The number of hydrogen-bond donors (Lipinski definition) is 1. The van der Waals surface area contributed by atoms with Crippen LogP contribution < -0.4 is 14.5 Å². The lowest BCUT2D eigenvalue weighted by Crippen LogP contribution is -2.55. The normalized spacial score (nSPS) is 21.0. The molecule has 2 heterocycles. The number of aliphatic hydroxyl groups is 1. The third-order valence-corrected chi connectivity index (χ3v) is 7.25. The van der Waals surface area contributed by atoms with Crippen LogP contribution in [0.4, 0.5) is 28.9 Å². The molecule has 1 N–H and O–H groups in total. The molecule has 2 aromatic carbocycles. The van der Waals surface area contributed by atoms with Crippen LogP contribution in [0.2, 0.25) is 0 Å². The number of nitrogens with zero attached hydrogens (tertiary/aromatic N) is 3. The maximum absolute atomic E-state index is 15.0. The van der Waals surface area contributed by atoms with Crippen molar-refractivity contribution in [1.82, 2.24) is 0 Å². The molecule has 6 nitrogen and oxygen atoms in total. The van der Waals surface area contributed by atoms with Crippen molar-refractivity contribution in [3.8, 4) is 11.8 Å². The third-order valence-electron chi connectivity index (χ3n) is 6.88. The summed E-state index contributed by atoms with van der Waals surface area (Å²) in [5.74, 6) is -1.14. The van der Waals surface area contributed by atoms with E-state index in [0.29, 0.717) is 55.7 Å². The molecule has 0 unspecified atom stereocenters. The van der Waals surface area contributed by atoms with Crippen LogP contribution in [0.5, 0.6) is 5.75 Å². The van der Waals surface area contributed by atoms with Crippen molar-refractivity contribution >= 4 is 34.6 Å². The highest BCUT2D eigenvalue weighted by atomic mass is 32.1. The zero-order valence-corrected chi connectivity index (χ0v) is 19.0. The Balaban J connectivity index is 1.59. The van der Waals surface area contributed by atoms with Crippen molar-refractivity contribution in [1.29, 1.82) is 5.26 Å².